The fraction of sp³-hybridized carbons (Fsp3) is 0.217. The number of halogens is 1. The van der Waals surface area contributed by atoms with Crippen molar-refractivity contribution in [2.75, 3.05) is 14.2 Å². The first-order valence-corrected chi connectivity index (χ1v) is 10.5. The molecule has 1 unspecified atom stereocenters. The summed E-state index contributed by atoms with van der Waals surface area (Å²) in [5, 5.41) is 13.2. The molecule has 34 heavy (non-hydrogen) atoms. The summed E-state index contributed by atoms with van der Waals surface area (Å²) in [7, 11) is 4.73. The van der Waals surface area contributed by atoms with Crippen molar-refractivity contribution >= 4 is 29.3 Å². The summed E-state index contributed by atoms with van der Waals surface area (Å²) in [6.45, 7) is 0.198. The van der Waals surface area contributed by atoms with E-state index in [2.05, 4.69) is 15.6 Å². The third-order valence-electron chi connectivity index (χ3n) is 5.04. The zero-order chi connectivity index (χ0) is 24.8. The zero-order valence-electron chi connectivity index (χ0n) is 18.9. The topological polar surface area (TPSA) is 144 Å². The minimum atomic E-state index is -0.961. The number of methoxy groups -OCH3 is 1. The van der Waals surface area contributed by atoms with Crippen LogP contribution in [0.4, 0.5) is 0 Å². The molecule has 0 radical (unpaired) electrons. The summed E-state index contributed by atoms with van der Waals surface area (Å²) < 4.78 is 13.0. The molecule has 11 heteroatoms. The number of amidine groups is 1. The van der Waals surface area contributed by atoms with Gasteiger partial charge in [0.15, 0.2) is 6.23 Å². The first-order valence-electron chi connectivity index (χ1n) is 10.2. The molecular weight excluding hydrogens is 460 g/mol. The molecule has 10 nitrogen and oxygen atoms in total. The number of carbonyl (C=O) groups excluding carboxylic acids is 2. The number of benzene rings is 2. The van der Waals surface area contributed by atoms with E-state index in [1.807, 2.05) is 11.6 Å². The second-order valence-electron chi connectivity index (χ2n) is 7.30. The highest BCUT2D eigenvalue weighted by Gasteiger charge is 2.22. The van der Waals surface area contributed by atoms with Crippen LogP contribution in [0.5, 0.6) is 5.75 Å². The summed E-state index contributed by atoms with van der Waals surface area (Å²) in [5.41, 5.74) is 6.78. The zero-order valence-corrected chi connectivity index (χ0v) is 19.6. The smallest absolute Gasteiger partial charge is 0.253 e. The molecule has 0 aliphatic rings. The number of imidazole rings is 1. The molecule has 1 atom stereocenters. The van der Waals surface area contributed by atoms with Crippen molar-refractivity contribution in [1.82, 2.24) is 20.2 Å². The molecule has 178 valence electrons. The molecule has 0 fully saturated rings. The predicted octanol–water partition coefficient (Wildman–Crippen LogP) is 2.37. The van der Waals surface area contributed by atoms with Crippen LogP contribution in [0, 0.1) is 5.41 Å². The predicted molar refractivity (Wildman–Crippen MR) is 127 cm³/mol. The Morgan fingerprint density at radius 2 is 1.97 bits per heavy atom. The van der Waals surface area contributed by atoms with E-state index in [4.69, 9.17) is 32.2 Å². The molecule has 0 bridgehead atoms. The van der Waals surface area contributed by atoms with Crippen LogP contribution in [0.2, 0.25) is 5.02 Å². The maximum Gasteiger partial charge on any atom is 0.253 e. The number of rotatable bonds is 9. The van der Waals surface area contributed by atoms with E-state index >= 15 is 0 Å². The number of nitrogen functional groups attached to an aromatic ring is 1. The third-order valence-corrected chi connectivity index (χ3v) is 5.26. The molecule has 0 spiro atoms. The lowest BCUT2D eigenvalue weighted by molar-refractivity contribution is 0.0565. The average Bonchev–Trinajstić information content (AvgIpc) is 3.24. The van der Waals surface area contributed by atoms with Gasteiger partial charge in [0.05, 0.1) is 0 Å². The lowest BCUT2D eigenvalue weighted by atomic mass is 10.0. The third kappa shape index (κ3) is 5.72. The average molecular weight is 485 g/mol. The Bertz CT molecular complexity index is 1230. The van der Waals surface area contributed by atoms with Crippen LogP contribution in [0.25, 0.3) is 0 Å². The van der Waals surface area contributed by atoms with Gasteiger partial charge in [-0.15, -0.1) is 0 Å². The highest BCUT2D eigenvalue weighted by molar-refractivity contribution is 6.31. The first kappa shape index (κ1) is 24.7. The fourth-order valence-corrected chi connectivity index (χ4v) is 3.44. The van der Waals surface area contributed by atoms with Crippen LogP contribution in [-0.2, 0) is 18.4 Å². The van der Waals surface area contributed by atoms with Crippen LogP contribution >= 0.6 is 11.6 Å². The van der Waals surface area contributed by atoms with Crippen molar-refractivity contribution in [3.63, 3.8) is 0 Å². The molecule has 1 heterocycles. The van der Waals surface area contributed by atoms with Gasteiger partial charge in [0, 0.05) is 60.9 Å². The summed E-state index contributed by atoms with van der Waals surface area (Å²) in [6.07, 6.45) is 2.50. The maximum atomic E-state index is 13.0. The number of nitrogens with zero attached hydrogens (tertiary/aromatic N) is 2. The number of aryl methyl sites for hydroxylation is 1. The summed E-state index contributed by atoms with van der Waals surface area (Å²) >= 11 is 6.21. The van der Waals surface area contributed by atoms with Gasteiger partial charge in [-0.25, -0.2) is 4.98 Å². The molecule has 0 saturated heterocycles. The quantitative estimate of drug-likeness (QED) is 0.208. The minimum absolute atomic E-state index is 0.188. The van der Waals surface area contributed by atoms with Gasteiger partial charge in [0.25, 0.3) is 11.8 Å². The largest absolute Gasteiger partial charge is 0.486 e. The monoisotopic (exact) mass is 484 g/mol. The van der Waals surface area contributed by atoms with E-state index in [1.165, 1.54) is 26.3 Å². The van der Waals surface area contributed by atoms with E-state index in [-0.39, 0.29) is 23.6 Å². The van der Waals surface area contributed by atoms with Gasteiger partial charge in [0.2, 0.25) is 0 Å². The molecule has 1 aromatic heterocycles. The Balaban J connectivity index is 1.84. The highest BCUT2D eigenvalue weighted by Crippen LogP contribution is 2.25. The number of hydrogen-bond donors (Lipinski definition) is 4. The second kappa shape index (κ2) is 10.8. The van der Waals surface area contributed by atoms with E-state index in [0.717, 1.165) is 0 Å². The van der Waals surface area contributed by atoms with Crippen LogP contribution < -0.4 is 21.1 Å². The van der Waals surface area contributed by atoms with Gasteiger partial charge in [0.1, 0.15) is 24.0 Å². The van der Waals surface area contributed by atoms with E-state index in [1.54, 1.807) is 36.7 Å². The van der Waals surface area contributed by atoms with Gasteiger partial charge < -0.3 is 30.4 Å². The summed E-state index contributed by atoms with van der Waals surface area (Å²) in [6, 6.07) is 9.27. The maximum absolute atomic E-state index is 13.0. The van der Waals surface area contributed by atoms with E-state index < -0.39 is 18.0 Å². The summed E-state index contributed by atoms with van der Waals surface area (Å²) in [4.78, 5) is 29.7. The van der Waals surface area contributed by atoms with Crippen LogP contribution in [-0.4, -0.2) is 41.4 Å². The van der Waals surface area contributed by atoms with E-state index in [0.29, 0.717) is 27.7 Å². The summed E-state index contributed by atoms with van der Waals surface area (Å²) in [5.74, 6) is 0.0103. The van der Waals surface area contributed by atoms with Gasteiger partial charge in [-0.1, -0.05) is 23.7 Å². The van der Waals surface area contributed by atoms with Crippen molar-refractivity contribution in [2.45, 2.75) is 12.8 Å². The fourth-order valence-electron chi connectivity index (χ4n) is 3.21. The van der Waals surface area contributed by atoms with Crippen LogP contribution in [0.1, 0.15) is 43.9 Å². The Hall–Kier alpha value is -3.89. The van der Waals surface area contributed by atoms with Gasteiger partial charge in [-0.2, -0.15) is 0 Å². The normalized spacial score (nSPS) is 11.5. The van der Waals surface area contributed by atoms with Gasteiger partial charge >= 0.3 is 0 Å². The Morgan fingerprint density at radius 3 is 2.59 bits per heavy atom. The molecule has 3 aromatic rings. The molecule has 2 amide bonds. The number of nitrogens with one attached hydrogen (secondary N) is 3. The van der Waals surface area contributed by atoms with E-state index in [9.17, 15) is 9.59 Å². The van der Waals surface area contributed by atoms with Crippen molar-refractivity contribution in [3.05, 3.63) is 81.9 Å². The molecular formula is C23H25ClN6O4. The second-order valence-corrected chi connectivity index (χ2v) is 7.74. The molecule has 2 aromatic carbocycles. The lowest BCUT2D eigenvalue weighted by Crippen LogP contribution is -2.32. The number of amides is 2. The lowest BCUT2D eigenvalue weighted by Gasteiger charge is -2.21. The number of hydrogen-bond acceptors (Lipinski definition) is 6. The van der Waals surface area contributed by atoms with Gasteiger partial charge in [-0.05, 0) is 24.3 Å². The number of nitrogens with two attached hydrogens (primary N) is 1. The Labute approximate surface area is 201 Å². The Kier molecular flexibility index (Phi) is 7.87. The van der Waals surface area contributed by atoms with Gasteiger partial charge in [-0.3, -0.25) is 15.0 Å². The Morgan fingerprint density at radius 1 is 1.21 bits per heavy atom. The van der Waals surface area contributed by atoms with Crippen molar-refractivity contribution in [1.29, 1.82) is 5.41 Å². The molecule has 0 aliphatic heterocycles. The highest BCUT2D eigenvalue weighted by atomic mass is 35.5. The van der Waals surface area contributed by atoms with Crippen LogP contribution in [0.3, 0.4) is 0 Å². The molecule has 0 saturated carbocycles. The number of ether oxygens (including phenoxy) is 2. The molecule has 0 aliphatic carbocycles. The van der Waals surface area contributed by atoms with Crippen LogP contribution in [0.15, 0.2) is 48.8 Å². The molecule has 3 rings (SSSR count). The first-order chi connectivity index (χ1) is 16.2. The number of aromatic nitrogens is 2. The van der Waals surface area contributed by atoms with Crippen molar-refractivity contribution in [2.24, 2.45) is 12.8 Å². The van der Waals surface area contributed by atoms with Crippen molar-refractivity contribution in [3.8, 4) is 5.75 Å². The van der Waals surface area contributed by atoms with Crippen molar-refractivity contribution < 1.29 is 19.1 Å². The number of carbonyl (C=O) groups is 2. The minimum Gasteiger partial charge on any atom is -0.486 e. The SMILES string of the molecule is CNC(=O)c1cc(C(=N)N)ccc1C(NC(=O)c1cc(Cl)cc(OCc2nccn2C)c1)OC. The standard InChI is InChI=1S/C23H25ClN6O4/c1-27-22(32)18-10-13(20(25)26)4-5-17(18)23(33-3)29-21(31)14-8-15(24)11-16(9-14)34-12-19-28-6-7-30(19)2/h4-11,23H,12H2,1-3H3,(H3,25,26)(H,27,32)(H,29,31). The molecule has 5 N–H and O–H groups in total.